The van der Waals surface area contributed by atoms with Gasteiger partial charge in [0.05, 0.1) is 6.04 Å². The third kappa shape index (κ3) is 4.42. The fourth-order valence-corrected chi connectivity index (χ4v) is 2.71. The van der Waals surface area contributed by atoms with Crippen LogP contribution in [0.1, 0.15) is 38.0 Å². The van der Waals surface area contributed by atoms with Crippen LogP contribution >= 0.6 is 11.3 Å². The predicted octanol–water partition coefficient (Wildman–Crippen LogP) is 2.66. The Bertz CT molecular complexity index is 351. The Hall–Kier alpha value is -0.870. The van der Waals surface area contributed by atoms with E-state index >= 15 is 0 Å². The normalized spacial score (nSPS) is 14.2. The molecule has 0 fully saturated rings. The van der Waals surface area contributed by atoms with Gasteiger partial charge in [-0.3, -0.25) is 4.79 Å². The van der Waals surface area contributed by atoms with Crippen molar-refractivity contribution in [3.63, 3.8) is 0 Å². The van der Waals surface area contributed by atoms with E-state index in [1.165, 1.54) is 4.88 Å². The summed E-state index contributed by atoms with van der Waals surface area (Å²) in [4.78, 5) is 15.2. The van der Waals surface area contributed by atoms with Crippen LogP contribution in [-0.4, -0.2) is 29.9 Å². The molecule has 3 nitrogen and oxygen atoms in total. The van der Waals surface area contributed by atoms with Gasteiger partial charge in [-0.1, -0.05) is 25.8 Å². The van der Waals surface area contributed by atoms with Crippen LogP contribution in [0.4, 0.5) is 0 Å². The van der Waals surface area contributed by atoms with Crippen LogP contribution in [0.2, 0.25) is 0 Å². The number of thiophene rings is 1. The second-order valence-electron chi connectivity index (χ2n) is 4.83. The molecular weight excluding hydrogens is 244 g/mol. The van der Waals surface area contributed by atoms with Crippen LogP contribution in [0.3, 0.4) is 0 Å². The van der Waals surface area contributed by atoms with E-state index in [9.17, 15) is 4.79 Å². The third-order valence-electron chi connectivity index (χ3n) is 3.27. The second-order valence-corrected chi connectivity index (χ2v) is 5.86. The molecule has 1 aromatic rings. The van der Waals surface area contributed by atoms with Gasteiger partial charge < -0.3 is 10.6 Å². The Morgan fingerprint density at radius 1 is 1.56 bits per heavy atom. The summed E-state index contributed by atoms with van der Waals surface area (Å²) in [6, 6.07) is 4.00. The van der Waals surface area contributed by atoms with Crippen LogP contribution in [0.15, 0.2) is 17.5 Å². The van der Waals surface area contributed by atoms with Gasteiger partial charge in [0.25, 0.3) is 0 Å². The molecule has 0 spiro atoms. The molecule has 18 heavy (non-hydrogen) atoms. The van der Waals surface area contributed by atoms with Gasteiger partial charge in [0.15, 0.2) is 0 Å². The molecule has 0 saturated carbocycles. The fraction of sp³-hybridized carbons (Fsp3) is 0.643. The number of rotatable bonds is 7. The number of unbranched alkanes of at least 4 members (excludes halogenated alkanes) is 1. The first-order valence-corrected chi connectivity index (χ1v) is 7.48. The largest absolute Gasteiger partial charge is 0.341 e. The SMILES string of the molecule is CCCCC(N)C(=O)N(C)C(C)Cc1cccs1. The molecule has 0 aliphatic rings. The first-order chi connectivity index (χ1) is 8.56. The second kappa shape index (κ2) is 7.54. The summed E-state index contributed by atoms with van der Waals surface area (Å²) in [6.07, 6.45) is 3.78. The molecule has 2 N–H and O–H groups in total. The average Bonchev–Trinajstić information content (AvgIpc) is 2.86. The molecule has 2 atom stereocenters. The summed E-state index contributed by atoms with van der Waals surface area (Å²) in [7, 11) is 1.85. The van der Waals surface area contributed by atoms with Crippen molar-refractivity contribution < 1.29 is 4.79 Å². The molecule has 1 heterocycles. The summed E-state index contributed by atoms with van der Waals surface area (Å²) < 4.78 is 0. The molecular formula is C14H24N2OS. The lowest BCUT2D eigenvalue weighted by molar-refractivity contribution is -0.133. The number of amides is 1. The molecule has 0 aromatic carbocycles. The van der Waals surface area contributed by atoms with Crippen molar-refractivity contribution in [1.29, 1.82) is 0 Å². The number of hydrogen-bond acceptors (Lipinski definition) is 3. The van der Waals surface area contributed by atoms with Crippen molar-refractivity contribution in [3.8, 4) is 0 Å². The molecule has 0 bridgehead atoms. The van der Waals surface area contributed by atoms with Gasteiger partial charge in [0.2, 0.25) is 5.91 Å². The lowest BCUT2D eigenvalue weighted by Gasteiger charge is -2.27. The predicted molar refractivity (Wildman–Crippen MR) is 77.8 cm³/mol. The number of likely N-dealkylation sites (N-methyl/N-ethyl adjacent to an activating group) is 1. The third-order valence-corrected chi connectivity index (χ3v) is 4.17. The van der Waals surface area contributed by atoms with Gasteiger partial charge in [0, 0.05) is 24.4 Å². The number of hydrogen-bond donors (Lipinski definition) is 1. The van der Waals surface area contributed by atoms with Gasteiger partial charge >= 0.3 is 0 Å². The van der Waals surface area contributed by atoms with Crippen molar-refractivity contribution in [2.24, 2.45) is 5.73 Å². The first kappa shape index (κ1) is 15.2. The highest BCUT2D eigenvalue weighted by atomic mass is 32.1. The summed E-state index contributed by atoms with van der Waals surface area (Å²) in [6.45, 7) is 4.19. The Morgan fingerprint density at radius 3 is 2.83 bits per heavy atom. The first-order valence-electron chi connectivity index (χ1n) is 6.60. The molecule has 1 aromatic heterocycles. The molecule has 4 heteroatoms. The Balaban J connectivity index is 2.46. The smallest absolute Gasteiger partial charge is 0.239 e. The van der Waals surface area contributed by atoms with Crippen LogP contribution in [0, 0.1) is 0 Å². The average molecular weight is 268 g/mol. The highest BCUT2D eigenvalue weighted by molar-refractivity contribution is 7.09. The molecule has 0 aliphatic heterocycles. The minimum Gasteiger partial charge on any atom is -0.341 e. The van der Waals surface area contributed by atoms with Gasteiger partial charge in [-0.25, -0.2) is 0 Å². The number of carbonyl (C=O) groups excluding carboxylic acids is 1. The minimum absolute atomic E-state index is 0.0625. The van der Waals surface area contributed by atoms with E-state index in [-0.39, 0.29) is 18.0 Å². The monoisotopic (exact) mass is 268 g/mol. The summed E-state index contributed by atoms with van der Waals surface area (Å²) in [5.74, 6) is 0.0625. The zero-order chi connectivity index (χ0) is 13.5. The highest BCUT2D eigenvalue weighted by Crippen LogP contribution is 2.14. The maximum absolute atomic E-state index is 12.1. The van der Waals surface area contributed by atoms with E-state index in [4.69, 9.17) is 5.73 Å². The van der Waals surface area contributed by atoms with Gasteiger partial charge in [-0.05, 0) is 24.8 Å². The minimum atomic E-state index is -0.347. The highest BCUT2D eigenvalue weighted by Gasteiger charge is 2.21. The van der Waals surface area contributed by atoms with Crippen molar-refractivity contribution >= 4 is 17.2 Å². The maximum Gasteiger partial charge on any atom is 0.239 e. The molecule has 0 saturated heterocycles. The van der Waals surface area contributed by atoms with E-state index in [0.29, 0.717) is 0 Å². The van der Waals surface area contributed by atoms with E-state index in [2.05, 4.69) is 25.3 Å². The lowest BCUT2D eigenvalue weighted by Crippen LogP contribution is -2.46. The maximum atomic E-state index is 12.1. The molecule has 102 valence electrons. The fourth-order valence-electron chi connectivity index (χ4n) is 1.88. The molecule has 0 aliphatic carbocycles. The van der Waals surface area contributed by atoms with Crippen molar-refractivity contribution in [2.45, 2.75) is 51.6 Å². The zero-order valence-electron chi connectivity index (χ0n) is 11.6. The topological polar surface area (TPSA) is 46.3 Å². The van der Waals surface area contributed by atoms with Crippen LogP contribution < -0.4 is 5.73 Å². The summed E-state index contributed by atoms with van der Waals surface area (Å²) in [5.41, 5.74) is 5.93. The Labute approximate surface area is 114 Å². The van der Waals surface area contributed by atoms with Crippen molar-refractivity contribution in [2.75, 3.05) is 7.05 Å². The molecule has 0 radical (unpaired) electrons. The van der Waals surface area contributed by atoms with E-state index in [1.54, 1.807) is 16.2 Å². The molecule has 2 unspecified atom stereocenters. The van der Waals surface area contributed by atoms with Gasteiger partial charge in [0.1, 0.15) is 0 Å². The molecule has 1 amide bonds. The van der Waals surface area contributed by atoms with Crippen LogP contribution in [-0.2, 0) is 11.2 Å². The van der Waals surface area contributed by atoms with Gasteiger partial charge in [-0.15, -0.1) is 11.3 Å². The van der Waals surface area contributed by atoms with Gasteiger partial charge in [-0.2, -0.15) is 0 Å². The summed E-state index contributed by atoms with van der Waals surface area (Å²) >= 11 is 1.73. The van der Waals surface area contributed by atoms with Crippen molar-refractivity contribution in [3.05, 3.63) is 22.4 Å². The van der Waals surface area contributed by atoms with Crippen LogP contribution in [0.25, 0.3) is 0 Å². The number of nitrogens with zero attached hydrogens (tertiary/aromatic N) is 1. The quantitative estimate of drug-likeness (QED) is 0.826. The Morgan fingerprint density at radius 2 is 2.28 bits per heavy atom. The summed E-state index contributed by atoms with van der Waals surface area (Å²) in [5, 5.41) is 2.07. The van der Waals surface area contributed by atoms with E-state index in [1.807, 2.05) is 13.1 Å². The zero-order valence-corrected chi connectivity index (χ0v) is 12.4. The van der Waals surface area contributed by atoms with E-state index in [0.717, 1.165) is 25.7 Å². The van der Waals surface area contributed by atoms with E-state index < -0.39 is 0 Å². The number of carbonyl (C=O) groups is 1. The number of nitrogens with two attached hydrogens (primary N) is 1. The standard InChI is InChI=1S/C14H24N2OS/c1-4-5-8-13(15)14(17)16(3)11(2)10-12-7-6-9-18-12/h6-7,9,11,13H,4-5,8,10,15H2,1-3H3. The lowest BCUT2D eigenvalue weighted by atomic mass is 10.1. The van der Waals surface area contributed by atoms with Crippen LogP contribution in [0.5, 0.6) is 0 Å². The molecule has 1 rings (SSSR count). The van der Waals surface area contributed by atoms with Crippen molar-refractivity contribution in [1.82, 2.24) is 4.90 Å². The Kier molecular flexibility index (Phi) is 6.36.